The molecule has 0 aliphatic rings. The van der Waals surface area contributed by atoms with Crippen molar-refractivity contribution in [1.82, 2.24) is 15.3 Å². The Balaban J connectivity index is 2.18. The number of carboxylic acid groups (broad SMARTS) is 1. The Bertz CT molecular complexity index is 522. The molecule has 3 N–H and O–H groups in total. The highest BCUT2D eigenvalue weighted by atomic mass is 16.4. The quantitative estimate of drug-likeness (QED) is 0.773. The number of aromatic nitrogens is 2. The van der Waals surface area contributed by atoms with E-state index in [1.165, 1.54) is 0 Å². The SMILES string of the molecule is Cc1cnc([C@H](Cc2ccccc2)NC(=O)O)[nH]1. The third-order valence-electron chi connectivity index (χ3n) is 2.63. The summed E-state index contributed by atoms with van der Waals surface area (Å²) in [6, 6.07) is 9.36. The van der Waals surface area contributed by atoms with Crippen molar-refractivity contribution in [2.24, 2.45) is 0 Å². The maximum atomic E-state index is 10.8. The van der Waals surface area contributed by atoms with Gasteiger partial charge in [-0.1, -0.05) is 30.3 Å². The summed E-state index contributed by atoms with van der Waals surface area (Å²) in [6.45, 7) is 1.89. The van der Waals surface area contributed by atoms with Crippen LogP contribution in [0.5, 0.6) is 0 Å². The molecule has 18 heavy (non-hydrogen) atoms. The highest BCUT2D eigenvalue weighted by Crippen LogP contribution is 2.15. The average Bonchev–Trinajstić information content (AvgIpc) is 2.76. The predicted molar refractivity (Wildman–Crippen MR) is 67.4 cm³/mol. The Morgan fingerprint density at radius 2 is 2.17 bits per heavy atom. The van der Waals surface area contributed by atoms with Crippen LogP contribution in [0.4, 0.5) is 4.79 Å². The van der Waals surface area contributed by atoms with Gasteiger partial charge < -0.3 is 15.4 Å². The van der Waals surface area contributed by atoms with Gasteiger partial charge in [-0.25, -0.2) is 9.78 Å². The molecule has 1 aromatic carbocycles. The number of hydrogen-bond donors (Lipinski definition) is 3. The monoisotopic (exact) mass is 245 g/mol. The number of aryl methyl sites for hydroxylation is 1. The van der Waals surface area contributed by atoms with Crippen LogP contribution in [0, 0.1) is 6.92 Å². The number of hydrogen-bond acceptors (Lipinski definition) is 2. The smallest absolute Gasteiger partial charge is 0.405 e. The molecule has 5 nitrogen and oxygen atoms in total. The number of nitrogens with one attached hydrogen (secondary N) is 2. The molecule has 94 valence electrons. The zero-order valence-electron chi connectivity index (χ0n) is 10.1. The zero-order chi connectivity index (χ0) is 13.0. The van der Waals surface area contributed by atoms with Crippen molar-refractivity contribution in [3.63, 3.8) is 0 Å². The first-order valence-corrected chi connectivity index (χ1v) is 5.70. The number of H-pyrrole nitrogens is 1. The van der Waals surface area contributed by atoms with Gasteiger partial charge in [-0.2, -0.15) is 0 Å². The van der Waals surface area contributed by atoms with E-state index in [4.69, 9.17) is 5.11 Å². The summed E-state index contributed by atoms with van der Waals surface area (Å²) in [7, 11) is 0. The van der Waals surface area contributed by atoms with Crippen molar-refractivity contribution in [2.75, 3.05) is 0 Å². The molecule has 0 spiro atoms. The van der Waals surface area contributed by atoms with Crippen LogP contribution in [0.1, 0.15) is 23.1 Å². The van der Waals surface area contributed by atoms with Crippen LogP contribution in [-0.4, -0.2) is 21.2 Å². The van der Waals surface area contributed by atoms with Crippen LogP contribution >= 0.6 is 0 Å². The molecular formula is C13H15N3O2. The predicted octanol–water partition coefficient (Wildman–Crippen LogP) is 2.27. The first-order valence-electron chi connectivity index (χ1n) is 5.70. The van der Waals surface area contributed by atoms with Gasteiger partial charge >= 0.3 is 6.09 Å². The van der Waals surface area contributed by atoms with Crippen molar-refractivity contribution in [3.05, 3.63) is 53.6 Å². The van der Waals surface area contributed by atoms with E-state index in [-0.39, 0.29) is 6.04 Å². The zero-order valence-corrected chi connectivity index (χ0v) is 10.1. The van der Waals surface area contributed by atoms with E-state index in [2.05, 4.69) is 15.3 Å². The normalized spacial score (nSPS) is 12.1. The highest BCUT2D eigenvalue weighted by Gasteiger charge is 2.17. The third-order valence-corrected chi connectivity index (χ3v) is 2.63. The molecule has 0 aliphatic carbocycles. The van der Waals surface area contributed by atoms with Gasteiger partial charge in [0.1, 0.15) is 5.82 Å². The molecule has 1 amide bonds. The van der Waals surface area contributed by atoms with Gasteiger partial charge in [0.15, 0.2) is 0 Å². The van der Waals surface area contributed by atoms with Crippen molar-refractivity contribution in [3.8, 4) is 0 Å². The molecule has 0 saturated carbocycles. The molecule has 0 unspecified atom stereocenters. The van der Waals surface area contributed by atoms with Crippen LogP contribution in [0.2, 0.25) is 0 Å². The summed E-state index contributed by atoms with van der Waals surface area (Å²) >= 11 is 0. The van der Waals surface area contributed by atoms with Crippen molar-refractivity contribution in [1.29, 1.82) is 0 Å². The van der Waals surface area contributed by atoms with Gasteiger partial charge in [0.25, 0.3) is 0 Å². The Morgan fingerprint density at radius 1 is 1.44 bits per heavy atom. The third kappa shape index (κ3) is 3.10. The second kappa shape index (κ2) is 5.35. The van der Waals surface area contributed by atoms with Gasteiger partial charge in [-0.05, 0) is 12.5 Å². The van der Waals surface area contributed by atoms with Crippen molar-refractivity contribution in [2.45, 2.75) is 19.4 Å². The lowest BCUT2D eigenvalue weighted by atomic mass is 10.1. The molecular weight excluding hydrogens is 230 g/mol. The number of amides is 1. The summed E-state index contributed by atoms with van der Waals surface area (Å²) in [5.74, 6) is 0.638. The van der Waals surface area contributed by atoms with Crippen LogP contribution in [0.15, 0.2) is 36.5 Å². The Morgan fingerprint density at radius 3 is 2.72 bits per heavy atom. The second-order valence-corrected chi connectivity index (χ2v) is 4.14. The minimum atomic E-state index is -1.05. The van der Waals surface area contributed by atoms with E-state index in [1.807, 2.05) is 37.3 Å². The first kappa shape index (κ1) is 12.2. The van der Waals surface area contributed by atoms with E-state index in [9.17, 15) is 4.79 Å². The average molecular weight is 245 g/mol. The Kier molecular flexibility index (Phi) is 3.62. The maximum Gasteiger partial charge on any atom is 0.405 e. The molecule has 0 saturated heterocycles. The lowest BCUT2D eigenvalue weighted by Crippen LogP contribution is -2.29. The molecule has 0 aliphatic heterocycles. The van der Waals surface area contributed by atoms with Gasteiger partial charge in [0.05, 0.1) is 6.04 Å². The fourth-order valence-electron chi connectivity index (χ4n) is 1.82. The Labute approximate surface area is 105 Å². The largest absolute Gasteiger partial charge is 0.465 e. The van der Waals surface area contributed by atoms with Crippen LogP contribution in [-0.2, 0) is 6.42 Å². The first-order chi connectivity index (χ1) is 8.65. The van der Waals surface area contributed by atoms with Crippen LogP contribution < -0.4 is 5.32 Å². The van der Waals surface area contributed by atoms with Gasteiger partial charge in [0.2, 0.25) is 0 Å². The lowest BCUT2D eigenvalue weighted by molar-refractivity contribution is 0.189. The molecule has 1 aromatic heterocycles. The molecule has 0 radical (unpaired) electrons. The Hall–Kier alpha value is -2.30. The van der Waals surface area contributed by atoms with Crippen LogP contribution in [0.3, 0.4) is 0 Å². The van der Waals surface area contributed by atoms with Crippen molar-refractivity contribution < 1.29 is 9.90 Å². The fourth-order valence-corrected chi connectivity index (χ4v) is 1.82. The summed E-state index contributed by atoms with van der Waals surface area (Å²) in [4.78, 5) is 18.1. The van der Waals surface area contributed by atoms with Gasteiger partial charge in [-0.3, -0.25) is 0 Å². The maximum absolute atomic E-state index is 10.8. The summed E-state index contributed by atoms with van der Waals surface area (Å²) < 4.78 is 0. The number of aromatic amines is 1. The van der Waals surface area contributed by atoms with E-state index < -0.39 is 6.09 Å². The molecule has 2 rings (SSSR count). The van der Waals surface area contributed by atoms with Crippen LogP contribution in [0.25, 0.3) is 0 Å². The number of nitrogens with zero attached hydrogens (tertiary/aromatic N) is 1. The van der Waals surface area contributed by atoms with E-state index >= 15 is 0 Å². The fraction of sp³-hybridized carbons (Fsp3) is 0.231. The minimum Gasteiger partial charge on any atom is -0.465 e. The summed E-state index contributed by atoms with van der Waals surface area (Å²) in [5.41, 5.74) is 1.97. The topological polar surface area (TPSA) is 78.0 Å². The van der Waals surface area contributed by atoms with Gasteiger partial charge in [-0.15, -0.1) is 0 Å². The van der Waals surface area contributed by atoms with E-state index in [1.54, 1.807) is 6.20 Å². The number of imidazole rings is 1. The number of rotatable bonds is 4. The second-order valence-electron chi connectivity index (χ2n) is 4.14. The minimum absolute atomic E-state index is 0.362. The van der Waals surface area contributed by atoms with Crippen molar-refractivity contribution >= 4 is 6.09 Å². The molecule has 1 atom stereocenters. The number of benzene rings is 1. The molecule has 5 heteroatoms. The lowest BCUT2D eigenvalue weighted by Gasteiger charge is -2.14. The van der Waals surface area contributed by atoms with E-state index in [0.717, 1.165) is 11.3 Å². The molecule has 0 fully saturated rings. The van der Waals surface area contributed by atoms with Gasteiger partial charge in [0, 0.05) is 18.3 Å². The standard InChI is InChI=1S/C13H15N3O2/c1-9-8-14-12(15-9)11(16-13(17)18)7-10-5-3-2-4-6-10/h2-6,8,11,16H,7H2,1H3,(H,14,15)(H,17,18)/t11-/m0/s1. The number of carbonyl (C=O) groups is 1. The summed E-state index contributed by atoms with van der Waals surface area (Å²) in [5, 5.41) is 11.4. The summed E-state index contributed by atoms with van der Waals surface area (Å²) in [6.07, 6.45) is 1.21. The van der Waals surface area contributed by atoms with E-state index in [0.29, 0.717) is 12.2 Å². The molecule has 0 bridgehead atoms. The molecule has 1 heterocycles. The molecule has 2 aromatic rings. The highest BCUT2D eigenvalue weighted by molar-refractivity contribution is 5.65.